The molecule has 2 N–H and O–H groups in total. The molecule has 2 aromatic carbocycles. The molecule has 0 spiro atoms. The van der Waals surface area contributed by atoms with Gasteiger partial charge in [-0.15, -0.1) is 0 Å². The lowest BCUT2D eigenvalue weighted by Crippen LogP contribution is -2.36. The number of rotatable bonds is 6. The second-order valence-electron chi connectivity index (χ2n) is 7.17. The van der Waals surface area contributed by atoms with E-state index in [-0.39, 0.29) is 11.0 Å². The van der Waals surface area contributed by atoms with E-state index >= 15 is 0 Å². The Hall–Kier alpha value is -2.34. The van der Waals surface area contributed by atoms with Gasteiger partial charge in [0.2, 0.25) is 0 Å². The highest BCUT2D eigenvalue weighted by Gasteiger charge is 2.37. The lowest BCUT2D eigenvalue weighted by atomic mass is 9.78. The number of nitrogens with one attached hydrogen (secondary N) is 1. The fraction of sp³-hybridized carbons (Fsp3) is 0.381. The second kappa shape index (κ2) is 7.72. The molecule has 1 fully saturated rings. The number of halogens is 3. The Kier molecular flexibility index (Phi) is 5.56. The van der Waals surface area contributed by atoms with Crippen LogP contribution >= 0.6 is 0 Å². The Labute approximate surface area is 156 Å². The van der Waals surface area contributed by atoms with Gasteiger partial charge < -0.3 is 10.4 Å². The van der Waals surface area contributed by atoms with Crippen LogP contribution in [-0.2, 0) is 18.1 Å². The summed E-state index contributed by atoms with van der Waals surface area (Å²) in [6.07, 6.45) is -0.607. The molecule has 3 nitrogen and oxygen atoms in total. The van der Waals surface area contributed by atoms with Crippen LogP contribution in [-0.4, -0.2) is 17.6 Å². The predicted molar refractivity (Wildman–Crippen MR) is 96.7 cm³/mol. The Morgan fingerprint density at radius 3 is 2.33 bits per heavy atom. The molecule has 144 valence electrons. The molecule has 1 saturated carbocycles. The van der Waals surface area contributed by atoms with Crippen molar-refractivity contribution in [2.24, 2.45) is 0 Å². The van der Waals surface area contributed by atoms with Crippen LogP contribution in [0.1, 0.15) is 52.7 Å². The van der Waals surface area contributed by atoms with Crippen molar-refractivity contribution in [1.29, 1.82) is 0 Å². The number of carbonyl (C=O) groups is 1. The summed E-state index contributed by atoms with van der Waals surface area (Å²) in [6.45, 7) is 1.13. The van der Waals surface area contributed by atoms with E-state index in [0.29, 0.717) is 13.1 Å². The van der Waals surface area contributed by atoms with Crippen LogP contribution in [0.5, 0.6) is 0 Å². The van der Waals surface area contributed by atoms with Gasteiger partial charge in [0.25, 0.3) is 0 Å². The van der Waals surface area contributed by atoms with Crippen molar-refractivity contribution in [2.45, 2.75) is 43.8 Å². The van der Waals surface area contributed by atoms with E-state index in [4.69, 9.17) is 5.11 Å². The molecule has 0 bridgehead atoms. The minimum atomic E-state index is -4.34. The van der Waals surface area contributed by atoms with Gasteiger partial charge in [-0.1, -0.05) is 43.2 Å². The topological polar surface area (TPSA) is 49.3 Å². The quantitative estimate of drug-likeness (QED) is 0.744. The average molecular weight is 377 g/mol. The molecule has 0 heterocycles. The van der Waals surface area contributed by atoms with E-state index in [1.165, 1.54) is 12.1 Å². The van der Waals surface area contributed by atoms with Gasteiger partial charge in [-0.2, -0.15) is 13.2 Å². The lowest BCUT2D eigenvalue weighted by Gasteiger charge is -2.31. The molecule has 0 amide bonds. The van der Waals surface area contributed by atoms with Crippen molar-refractivity contribution < 1.29 is 23.1 Å². The van der Waals surface area contributed by atoms with E-state index in [9.17, 15) is 18.0 Å². The summed E-state index contributed by atoms with van der Waals surface area (Å²) in [4.78, 5) is 10.9. The number of aromatic carboxylic acids is 1. The predicted octanol–water partition coefficient (Wildman–Crippen LogP) is 5.01. The summed E-state index contributed by atoms with van der Waals surface area (Å²) >= 11 is 0. The maximum atomic E-state index is 13.1. The first-order chi connectivity index (χ1) is 12.8. The zero-order valence-corrected chi connectivity index (χ0v) is 14.9. The summed E-state index contributed by atoms with van der Waals surface area (Å²) in [7, 11) is 0. The molecule has 0 radical (unpaired) electrons. The first-order valence-corrected chi connectivity index (χ1v) is 9.01. The standard InChI is InChI=1S/C21H22F3NO2/c22-21(23,24)18-5-3-4-17(12-18)20(10-1-2-11-20)14-25-13-15-6-8-16(9-7-15)19(26)27/h3-9,12,25H,1-2,10-11,13-14H2,(H,26,27). The molecule has 0 saturated heterocycles. The Balaban J connectivity index is 1.71. The van der Waals surface area contributed by atoms with Crippen LogP contribution in [0.2, 0.25) is 0 Å². The molecule has 0 unspecified atom stereocenters. The SMILES string of the molecule is O=C(O)c1ccc(CNCC2(c3cccc(C(F)(F)F)c3)CCCC2)cc1. The minimum Gasteiger partial charge on any atom is -0.478 e. The first kappa shape index (κ1) is 19.4. The number of hydrogen-bond donors (Lipinski definition) is 2. The molecule has 1 aliphatic rings. The van der Waals surface area contributed by atoms with Gasteiger partial charge in [-0.05, 0) is 42.2 Å². The van der Waals surface area contributed by atoms with Crippen LogP contribution in [0, 0.1) is 0 Å². The number of alkyl halides is 3. The number of hydrogen-bond acceptors (Lipinski definition) is 2. The van der Waals surface area contributed by atoms with Crippen molar-refractivity contribution in [3.63, 3.8) is 0 Å². The zero-order valence-electron chi connectivity index (χ0n) is 14.9. The Bertz CT molecular complexity index is 794. The minimum absolute atomic E-state index is 0.231. The lowest BCUT2D eigenvalue weighted by molar-refractivity contribution is -0.137. The van der Waals surface area contributed by atoms with Crippen molar-refractivity contribution >= 4 is 5.97 Å². The van der Waals surface area contributed by atoms with E-state index in [2.05, 4.69) is 5.32 Å². The summed E-state index contributed by atoms with van der Waals surface area (Å²) < 4.78 is 39.3. The highest BCUT2D eigenvalue weighted by molar-refractivity contribution is 5.87. The average Bonchev–Trinajstić information content (AvgIpc) is 3.12. The zero-order chi connectivity index (χ0) is 19.5. The molecule has 1 aliphatic carbocycles. The van der Waals surface area contributed by atoms with E-state index in [1.54, 1.807) is 30.3 Å². The van der Waals surface area contributed by atoms with Crippen LogP contribution in [0.25, 0.3) is 0 Å². The Morgan fingerprint density at radius 1 is 1.07 bits per heavy atom. The smallest absolute Gasteiger partial charge is 0.416 e. The van der Waals surface area contributed by atoms with Gasteiger partial charge in [0.1, 0.15) is 0 Å². The third-order valence-electron chi connectivity index (χ3n) is 5.36. The van der Waals surface area contributed by atoms with Crippen LogP contribution in [0.4, 0.5) is 13.2 Å². The van der Waals surface area contributed by atoms with E-state index < -0.39 is 17.7 Å². The largest absolute Gasteiger partial charge is 0.478 e. The van der Waals surface area contributed by atoms with Crippen LogP contribution in [0.15, 0.2) is 48.5 Å². The molecule has 0 aromatic heterocycles. The number of carboxylic acid groups (broad SMARTS) is 1. The molecule has 6 heteroatoms. The molecule has 2 aromatic rings. The fourth-order valence-electron chi connectivity index (χ4n) is 3.86. The van der Waals surface area contributed by atoms with E-state index in [0.717, 1.165) is 42.9 Å². The molecule has 0 aliphatic heterocycles. The van der Waals surface area contributed by atoms with Gasteiger partial charge >= 0.3 is 12.1 Å². The Morgan fingerprint density at radius 2 is 1.74 bits per heavy atom. The van der Waals surface area contributed by atoms with Gasteiger partial charge in [0.05, 0.1) is 11.1 Å². The number of carboxylic acids is 1. The number of benzene rings is 2. The normalized spacial score (nSPS) is 16.4. The fourth-order valence-corrected chi connectivity index (χ4v) is 3.86. The van der Waals surface area contributed by atoms with Crippen molar-refractivity contribution in [2.75, 3.05) is 6.54 Å². The van der Waals surface area contributed by atoms with Gasteiger partial charge in [0, 0.05) is 18.5 Å². The second-order valence-corrected chi connectivity index (χ2v) is 7.17. The van der Waals surface area contributed by atoms with Gasteiger partial charge in [-0.25, -0.2) is 4.79 Å². The van der Waals surface area contributed by atoms with Gasteiger partial charge in [0.15, 0.2) is 0 Å². The van der Waals surface area contributed by atoms with Crippen LogP contribution in [0.3, 0.4) is 0 Å². The molecule has 0 atom stereocenters. The van der Waals surface area contributed by atoms with Crippen molar-refractivity contribution in [3.05, 3.63) is 70.8 Å². The highest BCUT2D eigenvalue weighted by Crippen LogP contribution is 2.42. The third-order valence-corrected chi connectivity index (χ3v) is 5.36. The maximum absolute atomic E-state index is 13.1. The van der Waals surface area contributed by atoms with Gasteiger partial charge in [-0.3, -0.25) is 0 Å². The molecular formula is C21H22F3NO2. The third kappa shape index (κ3) is 4.50. The molecular weight excluding hydrogens is 355 g/mol. The summed E-state index contributed by atoms with van der Waals surface area (Å²) in [6, 6.07) is 12.3. The van der Waals surface area contributed by atoms with E-state index in [1.807, 2.05) is 0 Å². The van der Waals surface area contributed by atoms with Crippen LogP contribution < -0.4 is 5.32 Å². The summed E-state index contributed by atoms with van der Waals surface area (Å²) in [5.41, 5.74) is 1.02. The summed E-state index contributed by atoms with van der Waals surface area (Å²) in [5, 5.41) is 12.3. The van der Waals surface area contributed by atoms with Crippen molar-refractivity contribution in [1.82, 2.24) is 5.32 Å². The molecule has 3 rings (SSSR count). The molecule has 27 heavy (non-hydrogen) atoms. The first-order valence-electron chi connectivity index (χ1n) is 9.01. The summed E-state index contributed by atoms with van der Waals surface area (Å²) in [5.74, 6) is -0.969. The highest BCUT2D eigenvalue weighted by atomic mass is 19.4. The monoisotopic (exact) mass is 377 g/mol. The van der Waals surface area contributed by atoms with Crippen molar-refractivity contribution in [3.8, 4) is 0 Å². The maximum Gasteiger partial charge on any atom is 0.416 e.